The second kappa shape index (κ2) is 63.9. The van der Waals surface area contributed by atoms with E-state index in [2.05, 4.69) is 43.5 Å². The van der Waals surface area contributed by atoms with Gasteiger partial charge in [-0.05, 0) is 51.4 Å². The van der Waals surface area contributed by atoms with Crippen molar-refractivity contribution in [3.05, 3.63) is 36.5 Å². The predicted octanol–water partition coefficient (Wildman–Crippen LogP) is 22.4. The van der Waals surface area contributed by atoms with Crippen molar-refractivity contribution in [2.24, 2.45) is 0 Å². The molecule has 0 aliphatic carbocycles. The standard InChI is InChI=1S/C68H131NO3/c1-3-5-7-9-11-13-15-17-19-21-23-25-27-29-31-32-33-34-35-36-38-40-42-44-46-48-50-52-54-56-58-60-62-64-68(72)69-66(65-70)67(71)63-61-59-57-55-53-51-49-47-45-43-41-39-37-30-28-26-24-22-20-18-16-14-12-10-8-6-4-2/h15,17,21,23,61,63,66-67,70-71H,3-14,16,18-20,22,24-60,62,64-65H2,1-2H3,(H,69,72)/b17-15-,23-21-,63-61+. The maximum absolute atomic E-state index is 12.5. The number of hydrogen-bond acceptors (Lipinski definition) is 3. The van der Waals surface area contributed by atoms with Gasteiger partial charge in [-0.3, -0.25) is 4.79 Å². The van der Waals surface area contributed by atoms with Gasteiger partial charge in [0.15, 0.2) is 0 Å². The first kappa shape index (κ1) is 70.6. The average Bonchev–Trinajstić information content (AvgIpc) is 3.39. The number of carbonyl (C=O) groups excluding carboxylic acids is 1. The van der Waals surface area contributed by atoms with Crippen LogP contribution in [0.25, 0.3) is 0 Å². The normalized spacial score (nSPS) is 12.9. The highest BCUT2D eigenvalue weighted by atomic mass is 16.3. The number of nitrogens with one attached hydrogen (secondary N) is 1. The van der Waals surface area contributed by atoms with Crippen LogP contribution in [0.5, 0.6) is 0 Å². The smallest absolute Gasteiger partial charge is 0.220 e. The Hall–Kier alpha value is -1.39. The lowest BCUT2D eigenvalue weighted by Crippen LogP contribution is -2.45. The monoisotopic (exact) mass is 1010 g/mol. The molecule has 0 heterocycles. The molecule has 0 fully saturated rings. The van der Waals surface area contributed by atoms with Gasteiger partial charge in [-0.25, -0.2) is 0 Å². The maximum Gasteiger partial charge on any atom is 0.220 e. The zero-order chi connectivity index (χ0) is 52.0. The molecule has 0 saturated carbocycles. The Bertz CT molecular complexity index is 1100. The molecule has 0 radical (unpaired) electrons. The van der Waals surface area contributed by atoms with E-state index in [-0.39, 0.29) is 12.5 Å². The number of unbranched alkanes of at least 4 members (excludes halogenated alkanes) is 51. The van der Waals surface area contributed by atoms with Crippen LogP contribution >= 0.6 is 0 Å². The van der Waals surface area contributed by atoms with Crippen LogP contribution in [0.3, 0.4) is 0 Å². The van der Waals surface area contributed by atoms with Gasteiger partial charge in [-0.15, -0.1) is 0 Å². The van der Waals surface area contributed by atoms with Gasteiger partial charge >= 0.3 is 0 Å². The minimum absolute atomic E-state index is 0.0560. The summed E-state index contributed by atoms with van der Waals surface area (Å²) in [6.45, 7) is 4.34. The fourth-order valence-corrected chi connectivity index (χ4v) is 10.6. The highest BCUT2D eigenvalue weighted by Gasteiger charge is 2.18. The van der Waals surface area contributed by atoms with Crippen LogP contribution in [0.1, 0.15) is 373 Å². The van der Waals surface area contributed by atoms with Gasteiger partial charge < -0.3 is 15.5 Å². The zero-order valence-corrected chi connectivity index (χ0v) is 49.2. The second-order valence-corrected chi connectivity index (χ2v) is 22.9. The van der Waals surface area contributed by atoms with Crippen molar-refractivity contribution in [1.29, 1.82) is 0 Å². The third kappa shape index (κ3) is 59.5. The first-order valence-electron chi connectivity index (χ1n) is 33.2. The van der Waals surface area contributed by atoms with Gasteiger partial charge in [0.1, 0.15) is 0 Å². The Labute approximate surface area is 452 Å². The summed E-state index contributed by atoms with van der Waals surface area (Å²) in [6, 6.07) is -0.622. The molecule has 4 nitrogen and oxygen atoms in total. The average molecular weight is 1010 g/mol. The molecule has 72 heavy (non-hydrogen) atoms. The minimum Gasteiger partial charge on any atom is -0.394 e. The molecule has 0 aromatic rings. The van der Waals surface area contributed by atoms with Crippen LogP contribution in [0.4, 0.5) is 0 Å². The summed E-state index contributed by atoms with van der Waals surface area (Å²) in [4.78, 5) is 12.5. The Morgan fingerprint density at radius 3 is 0.833 bits per heavy atom. The van der Waals surface area contributed by atoms with E-state index in [0.29, 0.717) is 6.42 Å². The van der Waals surface area contributed by atoms with Crippen LogP contribution < -0.4 is 5.32 Å². The molecule has 1 amide bonds. The van der Waals surface area contributed by atoms with Gasteiger partial charge in [0.05, 0.1) is 18.8 Å². The molecule has 2 unspecified atom stereocenters. The largest absolute Gasteiger partial charge is 0.394 e. The molecular weight excluding hydrogens is 879 g/mol. The SMILES string of the molecule is CCCCCCC/C=C\C/C=C\CCCCCCCCCCCCCCCCCCCCCCCC(=O)NC(CO)C(O)/C=C/CCCCCCCCCCCCCCCCCCCCCCCCCCC. The van der Waals surface area contributed by atoms with E-state index < -0.39 is 12.1 Å². The Kier molecular flexibility index (Phi) is 62.7. The van der Waals surface area contributed by atoms with Gasteiger partial charge in [-0.1, -0.05) is 352 Å². The molecule has 426 valence electrons. The zero-order valence-electron chi connectivity index (χ0n) is 49.2. The minimum atomic E-state index is -0.839. The quantitative estimate of drug-likeness (QED) is 0.0420. The summed E-state index contributed by atoms with van der Waals surface area (Å²) in [5, 5.41) is 23.3. The number of hydrogen-bond donors (Lipinski definition) is 3. The molecule has 0 bridgehead atoms. The van der Waals surface area contributed by atoms with E-state index in [0.717, 1.165) is 32.1 Å². The van der Waals surface area contributed by atoms with E-state index >= 15 is 0 Å². The molecule has 0 rings (SSSR count). The van der Waals surface area contributed by atoms with Crippen molar-refractivity contribution in [3.8, 4) is 0 Å². The summed E-state index contributed by atoms with van der Waals surface area (Å²) >= 11 is 0. The topological polar surface area (TPSA) is 69.6 Å². The van der Waals surface area contributed by atoms with Crippen molar-refractivity contribution in [2.45, 2.75) is 386 Å². The molecular formula is C68H131NO3. The lowest BCUT2D eigenvalue weighted by atomic mass is 10.0. The number of rotatable bonds is 62. The first-order valence-corrected chi connectivity index (χ1v) is 33.2. The number of allylic oxidation sites excluding steroid dienone is 5. The molecule has 2 atom stereocenters. The number of aliphatic hydroxyl groups is 2. The number of carbonyl (C=O) groups is 1. The lowest BCUT2D eigenvalue weighted by Gasteiger charge is -2.20. The summed E-state index contributed by atoms with van der Waals surface area (Å²) in [5.41, 5.74) is 0. The number of aliphatic hydroxyl groups excluding tert-OH is 2. The summed E-state index contributed by atoms with van der Waals surface area (Å²) in [5.74, 6) is -0.0560. The summed E-state index contributed by atoms with van der Waals surface area (Å²) in [7, 11) is 0. The van der Waals surface area contributed by atoms with Crippen LogP contribution in [-0.2, 0) is 4.79 Å². The van der Waals surface area contributed by atoms with Gasteiger partial charge in [0.2, 0.25) is 5.91 Å². The highest BCUT2D eigenvalue weighted by Crippen LogP contribution is 2.19. The second-order valence-electron chi connectivity index (χ2n) is 22.9. The van der Waals surface area contributed by atoms with Crippen molar-refractivity contribution < 1.29 is 15.0 Å². The van der Waals surface area contributed by atoms with Crippen molar-refractivity contribution in [2.75, 3.05) is 6.61 Å². The fourth-order valence-electron chi connectivity index (χ4n) is 10.6. The maximum atomic E-state index is 12.5. The number of amides is 1. The van der Waals surface area contributed by atoms with Crippen LogP contribution in [0.15, 0.2) is 36.5 Å². The fraction of sp³-hybridized carbons (Fsp3) is 0.897. The van der Waals surface area contributed by atoms with Gasteiger partial charge in [0, 0.05) is 6.42 Å². The summed E-state index contributed by atoms with van der Waals surface area (Å²) in [6.07, 6.45) is 87.9. The van der Waals surface area contributed by atoms with E-state index in [1.807, 2.05) is 6.08 Å². The van der Waals surface area contributed by atoms with Crippen LogP contribution in [0, 0.1) is 0 Å². The van der Waals surface area contributed by atoms with Gasteiger partial charge in [-0.2, -0.15) is 0 Å². The Morgan fingerprint density at radius 1 is 0.333 bits per heavy atom. The summed E-state index contributed by atoms with van der Waals surface area (Å²) < 4.78 is 0. The molecule has 0 aliphatic heterocycles. The first-order chi connectivity index (χ1) is 35.7. The molecule has 0 aromatic heterocycles. The van der Waals surface area contributed by atoms with Crippen LogP contribution in [0.2, 0.25) is 0 Å². The van der Waals surface area contributed by atoms with Crippen molar-refractivity contribution in [3.63, 3.8) is 0 Å². The molecule has 4 heteroatoms. The van der Waals surface area contributed by atoms with Gasteiger partial charge in [0.25, 0.3) is 0 Å². The van der Waals surface area contributed by atoms with E-state index in [4.69, 9.17) is 0 Å². The van der Waals surface area contributed by atoms with E-state index in [1.165, 1.54) is 321 Å². The van der Waals surface area contributed by atoms with Crippen LogP contribution in [-0.4, -0.2) is 34.9 Å². The Balaban J connectivity index is 3.42. The molecule has 0 spiro atoms. The molecule has 3 N–H and O–H groups in total. The molecule has 0 saturated heterocycles. The third-order valence-electron chi connectivity index (χ3n) is 15.6. The van der Waals surface area contributed by atoms with E-state index in [9.17, 15) is 15.0 Å². The highest BCUT2D eigenvalue weighted by molar-refractivity contribution is 5.76. The Morgan fingerprint density at radius 2 is 0.569 bits per heavy atom. The lowest BCUT2D eigenvalue weighted by molar-refractivity contribution is -0.123. The third-order valence-corrected chi connectivity index (χ3v) is 15.6. The van der Waals surface area contributed by atoms with Crippen molar-refractivity contribution >= 4 is 5.91 Å². The molecule has 0 aromatic carbocycles. The predicted molar refractivity (Wildman–Crippen MR) is 322 cm³/mol. The molecule has 0 aliphatic rings. The van der Waals surface area contributed by atoms with Crippen molar-refractivity contribution in [1.82, 2.24) is 5.32 Å². The van der Waals surface area contributed by atoms with E-state index in [1.54, 1.807) is 6.08 Å².